The van der Waals surface area contributed by atoms with E-state index in [1.54, 1.807) is 22.2 Å². The summed E-state index contributed by atoms with van der Waals surface area (Å²) < 4.78 is 1.66. The molecular formula is C13H13N5S. The molecule has 0 radical (unpaired) electrons. The smallest absolute Gasteiger partial charge is 0.145 e. The number of thiazole rings is 1. The number of nitrogens with zero attached hydrogens (tertiary/aromatic N) is 3. The summed E-state index contributed by atoms with van der Waals surface area (Å²) in [6.45, 7) is 0.542. The Morgan fingerprint density at radius 1 is 1.16 bits per heavy atom. The van der Waals surface area contributed by atoms with E-state index in [0.717, 1.165) is 16.3 Å². The number of hydrogen-bond donors (Lipinski definition) is 2. The first-order chi connectivity index (χ1) is 9.24. The largest absolute Gasteiger partial charge is 0.394 e. The fourth-order valence-electron chi connectivity index (χ4n) is 1.79. The highest BCUT2D eigenvalue weighted by molar-refractivity contribution is 7.09. The van der Waals surface area contributed by atoms with Crippen molar-refractivity contribution in [3.63, 3.8) is 0 Å². The molecule has 0 aliphatic heterocycles. The summed E-state index contributed by atoms with van der Waals surface area (Å²) in [7, 11) is 0. The molecule has 2 heterocycles. The Morgan fingerprint density at radius 3 is 2.63 bits per heavy atom. The highest BCUT2D eigenvalue weighted by Gasteiger charge is 2.08. The van der Waals surface area contributed by atoms with Crippen LogP contribution in [0.2, 0.25) is 0 Å². The third-order valence-electron chi connectivity index (χ3n) is 2.82. The lowest BCUT2D eigenvalue weighted by Crippen LogP contribution is -2.06. The quantitative estimate of drug-likeness (QED) is 0.765. The van der Waals surface area contributed by atoms with Gasteiger partial charge in [0.05, 0.1) is 24.1 Å². The molecule has 3 aromatic rings. The van der Waals surface area contributed by atoms with E-state index in [4.69, 9.17) is 11.5 Å². The zero-order valence-corrected chi connectivity index (χ0v) is 11.0. The molecule has 0 fully saturated rings. The van der Waals surface area contributed by atoms with Crippen LogP contribution in [0.5, 0.6) is 0 Å². The summed E-state index contributed by atoms with van der Waals surface area (Å²) in [5.41, 5.74) is 14.1. The van der Waals surface area contributed by atoms with Gasteiger partial charge in [-0.3, -0.25) is 0 Å². The van der Waals surface area contributed by atoms with E-state index < -0.39 is 0 Å². The lowest BCUT2D eigenvalue weighted by molar-refractivity contribution is 0.694. The van der Waals surface area contributed by atoms with Crippen molar-refractivity contribution in [1.82, 2.24) is 14.8 Å². The predicted octanol–water partition coefficient (Wildman–Crippen LogP) is 2.22. The van der Waals surface area contributed by atoms with Crippen molar-refractivity contribution in [2.24, 2.45) is 0 Å². The van der Waals surface area contributed by atoms with Gasteiger partial charge in [0.15, 0.2) is 0 Å². The molecule has 0 atom stereocenters. The van der Waals surface area contributed by atoms with E-state index in [1.807, 2.05) is 35.7 Å². The SMILES string of the molecule is Nc1cnn(Cc2nc(-c3ccccc3)cs2)c1N. The number of rotatable bonds is 3. The van der Waals surface area contributed by atoms with Crippen LogP contribution in [0.25, 0.3) is 11.3 Å². The molecular weight excluding hydrogens is 258 g/mol. The van der Waals surface area contributed by atoms with Gasteiger partial charge >= 0.3 is 0 Å². The van der Waals surface area contributed by atoms with Crippen molar-refractivity contribution in [1.29, 1.82) is 0 Å². The van der Waals surface area contributed by atoms with Crippen LogP contribution in [0, 0.1) is 0 Å². The van der Waals surface area contributed by atoms with Crippen LogP contribution >= 0.6 is 11.3 Å². The second-order valence-corrected chi connectivity index (χ2v) is 5.08. The van der Waals surface area contributed by atoms with Crippen molar-refractivity contribution >= 4 is 22.8 Å². The Hall–Kier alpha value is -2.34. The lowest BCUT2D eigenvalue weighted by Gasteiger charge is -2.01. The standard InChI is InChI=1S/C13H13N5S/c14-10-6-16-18(13(10)15)7-12-17-11(8-19-12)9-4-2-1-3-5-9/h1-6,8H,7,14-15H2. The molecule has 0 spiro atoms. The third kappa shape index (κ3) is 2.30. The molecule has 2 aromatic heterocycles. The second kappa shape index (κ2) is 4.74. The highest BCUT2D eigenvalue weighted by Crippen LogP contribution is 2.23. The van der Waals surface area contributed by atoms with E-state index in [0.29, 0.717) is 18.1 Å². The summed E-state index contributed by atoms with van der Waals surface area (Å²) in [4.78, 5) is 4.59. The van der Waals surface area contributed by atoms with E-state index >= 15 is 0 Å². The minimum atomic E-state index is 0.483. The van der Waals surface area contributed by atoms with E-state index in [-0.39, 0.29) is 0 Å². The van der Waals surface area contributed by atoms with Gasteiger partial charge in [-0.05, 0) is 0 Å². The average Bonchev–Trinajstić information content (AvgIpc) is 3.02. The molecule has 1 aromatic carbocycles. The molecule has 0 aliphatic carbocycles. The molecule has 0 saturated heterocycles. The van der Waals surface area contributed by atoms with Crippen LogP contribution in [-0.2, 0) is 6.54 Å². The summed E-state index contributed by atoms with van der Waals surface area (Å²) in [6, 6.07) is 10.1. The maximum Gasteiger partial charge on any atom is 0.145 e. The first-order valence-electron chi connectivity index (χ1n) is 5.80. The lowest BCUT2D eigenvalue weighted by atomic mass is 10.2. The van der Waals surface area contributed by atoms with Gasteiger partial charge in [-0.1, -0.05) is 30.3 Å². The van der Waals surface area contributed by atoms with Gasteiger partial charge in [0, 0.05) is 10.9 Å². The van der Waals surface area contributed by atoms with E-state index in [9.17, 15) is 0 Å². The fraction of sp³-hybridized carbons (Fsp3) is 0.0769. The monoisotopic (exact) mass is 271 g/mol. The first kappa shape index (κ1) is 11.7. The van der Waals surface area contributed by atoms with Gasteiger partial charge in [0.25, 0.3) is 0 Å². The highest BCUT2D eigenvalue weighted by atomic mass is 32.1. The van der Waals surface area contributed by atoms with Crippen molar-refractivity contribution in [3.05, 3.63) is 46.9 Å². The van der Waals surface area contributed by atoms with Gasteiger partial charge in [0.2, 0.25) is 0 Å². The van der Waals surface area contributed by atoms with Crippen LogP contribution in [0.15, 0.2) is 41.9 Å². The molecule has 0 unspecified atom stereocenters. The molecule has 5 nitrogen and oxygen atoms in total. The van der Waals surface area contributed by atoms with Crippen LogP contribution in [0.1, 0.15) is 5.01 Å². The predicted molar refractivity (Wildman–Crippen MR) is 77.7 cm³/mol. The maximum atomic E-state index is 5.82. The van der Waals surface area contributed by atoms with Crippen LogP contribution < -0.4 is 11.5 Å². The van der Waals surface area contributed by atoms with Crippen molar-refractivity contribution in [2.75, 3.05) is 11.5 Å². The summed E-state index contributed by atoms with van der Waals surface area (Å²) in [6.07, 6.45) is 1.56. The fourth-order valence-corrected chi connectivity index (χ4v) is 2.57. The van der Waals surface area contributed by atoms with Crippen LogP contribution in [0.4, 0.5) is 11.5 Å². The van der Waals surface area contributed by atoms with Crippen molar-refractivity contribution in [2.45, 2.75) is 6.54 Å². The maximum absolute atomic E-state index is 5.82. The van der Waals surface area contributed by atoms with Gasteiger partial charge in [-0.15, -0.1) is 11.3 Å². The van der Waals surface area contributed by atoms with Crippen molar-refractivity contribution in [3.8, 4) is 11.3 Å². The number of benzene rings is 1. The summed E-state index contributed by atoms with van der Waals surface area (Å²) >= 11 is 1.59. The zero-order valence-electron chi connectivity index (χ0n) is 10.2. The van der Waals surface area contributed by atoms with E-state index in [2.05, 4.69) is 10.1 Å². The molecule has 4 N–H and O–H groups in total. The third-order valence-corrected chi connectivity index (χ3v) is 3.65. The Morgan fingerprint density at radius 2 is 1.95 bits per heavy atom. The van der Waals surface area contributed by atoms with Crippen LogP contribution in [0.3, 0.4) is 0 Å². The number of nitrogen functional groups attached to an aromatic ring is 2. The minimum absolute atomic E-state index is 0.483. The Labute approximate surface area is 114 Å². The van der Waals surface area contributed by atoms with Crippen molar-refractivity contribution < 1.29 is 0 Å². The number of hydrogen-bond acceptors (Lipinski definition) is 5. The van der Waals surface area contributed by atoms with Gasteiger partial charge in [-0.25, -0.2) is 9.67 Å². The van der Waals surface area contributed by atoms with Gasteiger partial charge in [0.1, 0.15) is 10.8 Å². The topological polar surface area (TPSA) is 82.8 Å². The summed E-state index contributed by atoms with van der Waals surface area (Å²) in [5, 5.41) is 7.11. The Balaban J connectivity index is 1.84. The molecule has 0 amide bonds. The number of aromatic nitrogens is 3. The summed E-state index contributed by atoms with van der Waals surface area (Å²) in [5.74, 6) is 0.483. The normalized spacial score (nSPS) is 10.7. The average molecular weight is 271 g/mol. The number of anilines is 2. The minimum Gasteiger partial charge on any atom is -0.394 e. The van der Waals surface area contributed by atoms with Crippen LogP contribution in [-0.4, -0.2) is 14.8 Å². The first-order valence-corrected chi connectivity index (χ1v) is 6.68. The Kier molecular flexibility index (Phi) is 2.92. The van der Waals surface area contributed by atoms with Gasteiger partial charge in [-0.2, -0.15) is 5.10 Å². The van der Waals surface area contributed by atoms with Gasteiger partial charge < -0.3 is 11.5 Å². The molecule has 6 heteroatoms. The molecule has 0 bridgehead atoms. The molecule has 3 rings (SSSR count). The molecule has 0 aliphatic rings. The van der Waals surface area contributed by atoms with E-state index in [1.165, 1.54) is 0 Å². The molecule has 0 saturated carbocycles. The Bertz CT molecular complexity index is 686. The molecule has 96 valence electrons. The molecule has 19 heavy (non-hydrogen) atoms. The second-order valence-electron chi connectivity index (χ2n) is 4.14. The number of nitrogens with two attached hydrogens (primary N) is 2. The zero-order chi connectivity index (χ0) is 13.2.